The third kappa shape index (κ3) is 2.65. The van der Waals surface area contributed by atoms with Gasteiger partial charge in [0.05, 0.1) is 19.2 Å². The molecule has 0 saturated carbocycles. The quantitative estimate of drug-likeness (QED) is 0.786. The van der Waals surface area contributed by atoms with Crippen LogP contribution in [0, 0.1) is 0 Å². The molecule has 20 heavy (non-hydrogen) atoms. The Morgan fingerprint density at radius 3 is 2.25 bits per heavy atom. The first-order valence-corrected chi connectivity index (χ1v) is 6.79. The number of methoxy groups -OCH3 is 1. The molecule has 2 atom stereocenters. The standard InChI is InChI=1S/C15H14ClN3O/c1-20-12-5-2-10(3-6-12)13-8-14(19-18-13)11-4-7-15(16)17-9-11/h2-7,9,13-14H,8H2,1H3. The van der Waals surface area contributed by atoms with Crippen molar-refractivity contribution in [1.82, 2.24) is 4.98 Å². The van der Waals surface area contributed by atoms with Gasteiger partial charge in [-0.2, -0.15) is 10.2 Å². The van der Waals surface area contributed by atoms with Crippen LogP contribution in [0.3, 0.4) is 0 Å². The largest absolute Gasteiger partial charge is 0.497 e. The highest BCUT2D eigenvalue weighted by Crippen LogP contribution is 2.38. The van der Waals surface area contributed by atoms with E-state index < -0.39 is 0 Å². The fourth-order valence-electron chi connectivity index (χ4n) is 2.28. The van der Waals surface area contributed by atoms with Gasteiger partial charge in [-0.05, 0) is 29.3 Å². The summed E-state index contributed by atoms with van der Waals surface area (Å²) in [6, 6.07) is 11.9. The van der Waals surface area contributed by atoms with E-state index in [1.807, 2.05) is 30.3 Å². The van der Waals surface area contributed by atoms with Crippen LogP contribution >= 0.6 is 11.6 Å². The Kier molecular flexibility index (Phi) is 3.65. The normalized spacial score (nSPS) is 21.1. The second-order valence-corrected chi connectivity index (χ2v) is 5.07. The van der Waals surface area contributed by atoms with Gasteiger partial charge in [0.25, 0.3) is 0 Å². The van der Waals surface area contributed by atoms with Crippen LogP contribution in [0.2, 0.25) is 5.15 Å². The molecule has 3 rings (SSSR count). The molecule has 0 radical (unpaired) electrons. The van der Waals surface area contributed by atoms with Crippen molar-refractivity contribution in [2.24, 2.45) is 10.2 Å². The summed E-state index contributed by atoms with van der Waals surface area (Å²) in [5.74, 6) is 0.849. The molecule has 1 aromatic heterocycles. The minimum Gasteiger partial charge on any atom is -0.497 e. The van der Waals surface area contributed by atoms with Crippen molar-refractivity contribution < 1.29 is 4.74 Å². The topological polar surface area (TPSA) is 46.8 Å². The highest BCUT2D eigenvalue weighted by atomic mass is 35.5. The molecule has 2 aromatic rings. The average Bonchev–Trinajstić information content (AvgIpc) is 2.98. The average molecular weight is 288 g/mol. The van der Waals surface area contributed by atoms with Gasteiger partial charge in [0.15, 0.2) is 0 Å². The van der Waals surface area contributed by atoms with Gasteiger partial charge in [0.1, 0.15) is 10.9 Å². The summed E-state index contributed by atoms with van der Waals surface area (Å²) in [7, 11) is 1.66. The number of benzene rings is 1. The van der Waals surface area contributed by atoms with E-state index in [0.717, 1.165) is 23.3 Å². The van der Waals surface area contributed by atoms with Crippen LogP contribution in [0.15, 0.2) is 52.8 Å². The molecule has 0 bridgehead atoms. The predicted octanol–water partition coefficient (Wildman–Crippen LogP) is 4.38. The van der Waals surface area contributed by atoms with Gasteiger partial charge < -0.3 is 4.74 Å². The van der Waals surface area contributed by atoms with E-state index in [-0.39, 0.29) is 12.1 Å². The SMILES string of the molecule is COc1ccc(C2CC(c3ccc(Cl)nc3)N=N2)cc1. The smallest absolute Gasteiger partial charge is 0.129 e. The molecule has 5 heteroatoms. The fraction of sp³-hybridized carbons (Fsp3) is 0.267. The summed E-state index contributed by atoms with van der Waals surface area (Å²) in [4.78, 5) is 4.09. The molecule has 0 saturated heterocycles. The molecule has 0 fully saturated rings. The lowest BCUT2D eigenvalue weighted by molar-refractivity contribution is 0.414. The summed E-state index contributed by atoms with van der Waals surface area (Å²) in [6.07, 6.45) is 2.62. The molecule has 0 amide bonds. The van der Waals surface area contributed by atoms with Crippen LogP contribution in [-0.4, -0.2) is 12.1 Å². The van der Waals surface area contributed by atoms with Gasteiger partial charge in [0.2, 0.25) is 0 Å². The number of ether oxygens (including phenoxy) is 1. The molecule has 1 aliphatic heterocycles. The Balaban J connectivity index is 1.73. The molecule has 102 valence electrons. The summed E-state index contributed by atoms with van der Waals surface area (Å²) < 4.78 is 5.16. The number of rotatable bonds is 3. The fourth-order valence-corrected chi connectivity index (χ4v) is 2.39. The van der Waals surface area contributed by atoms with Gasteiger partial charge in [-0.3, -0.25) is 0 Å². The summed E-state index contributed by atoms with van der Waals surface area (Å²) >= 11 is 5.79. The molecular weight excluding hydrogens is 274 g/mol. The van der Waals surface area contributed by atoms with Crippen molar-refractivity contribution >= 4 is 11.6 Å². The van der Waals surface area contributed by atoms with Crippen LogP contribution in [0.25, 0.3) is 0 Å². The minimum atomic E-state index is 0.0619. The predicted molar refractivity (Wildman–Crippen MR) is 77.2 cm³/mol. The lowest BCUT2D eigenvalue weighted by Crippen LogP contribution is -1.97. The zero-order chi connectivity index (χ0) is 13.9. The highest BCUT2D eigenvalue weighted by molar-refractivity contribution is 6.29. The molecule has 0 N–H and O–H groups in total. The Morgan fingerprint density at radius 1 is 1.00 bits per heavy atom. The van der Waals surface area contributed by atoms with Crippen LogP contribution in [0.5, 0.6) is 5.75 Å². The molecule has 1 aliphatic rings. The number of hydrogen-bond donors (Lipinski definition) is 0. The second kappa shape index (κ2) is 5.59. The first-order chi connectivity index (χ1) is 9.76. The first kappa shape index (κ1) is 13.1. The number of aromatic nitrogens is 1. The molecule has 2 unspecified atom stereocenters. The number of pyridine rings is 1. The monoisotopic (exact) mass is 287 g/mol. The summed E-state index contributed by atoms with van der Waals surface area (Å²) in [5.41, 5.74) is 2.20. The zero-order valence-corrected chi connectivity index (χ0v) is 11.8. The van der Waals surface area contributed by atoms with Crippen molar-refractivity contribution in [3.63, 3.8) is 0 Å². The zero-order valence-electron chi connectivity index (χ0n) is 11.0. The summed E-state index contributed by atoms with van der Waals surface area (Å²) in [5, 5.41) is 9.21. The van der Waals surface area contributed by atoms with Crippen molar-refractivity contribution in [3.05, 3.63) is 58.9 Å². The van der Waals surface area contributed by atoms with Crippen LogP contribution in [-0.2, 0) is 0 Å². The number of halogens is 1. The molecule has 2 heterocycles. The highest BCUT2D eigenvalue weighted by Gasteiger charge is 2.25. The van der Waals surface area contributed by atoms with Gasteiger partial charge in [-0.25, -0.2) is 4.98 Å². The molecule has 1 aromatic carbocycles. The van der Waals surface area contributed by atoms with Crippen molar-refractivity contribution in [2.45, 2.75) is 18.5 Å². The van der Waals surface area contributed by atoms with E-state index in [9.17, 15) is 0 Å². The minimum absolute atomic E-state index is 0.0619. The van der Waals surface area contributed by atoms with Gasteiger partial charge >= 0.3 is 0 Å². The number of azo groups is 1. The Labute approximate surface area is 122 Å². The van der Waals surface area contributed by atoms with E-state index in [2.05, 4.69) is 15.2 Å². The van der Waals surface area contributed by atoms with E-state index >= 15 is 0 Å². The number of nitrogens with zero attached hydrogens (tertiary/aromatic N) is 3. The van der Waals surface area contributed by atoms with Crippen LogP contribution in [0.4, 0.5) is 0 Å². The molecule has 0 aliphatic carbocycles. The van der Waals surface area contributed by atoms with Crippen LogP contribution in [0.1, 0.15) is 29.6 Å². The number of hydrogen-bond acceptors (Lipinski definition) is 4. The first-order valence-electron chi connectivity index (χ1n) is 6.41. The molecular formula is C15H14ClN3O. The second-order valence-electron chi connectivity index (χ2n) is 4.69. The van der Waals surface area contributed by atoms with E-state index in [4.69, 9.17) is 16.3 Å². The maximum atomic E-state index is 5.79. The maximum Gasteiger partial charge on any atom is 0.129 e. The molecule has 0 spiro atoms. The Bertz CT molecular complexity index is 610. The van der Waals surface area contributed by atoms with Crippen molar-refractivity contribution in [1.29, 1.82) is 0 Å². The van der Waals surface area contributed by atoms with E-state index in [0.29, 0.717) is 5.15 Å². The third-order valence-electron chi connectivity index (χ3n) is 3.43. The Morgan fingerprint density at radius 2 is 1.65 bits per heavy atom. The summed E-state index contributed by atoms with van der Waals surface area (Å²) in [6.45, 7) is 0. The van der Waals surface area contributed by atoms with E-state index in [1.165, 1.54) is 0 Å². The lowest BCUT2D eigenvalue weighted by Gasteiger charge is -2.09. The van der Waals surface area contributed by atoms with Gasteiger partial charge in [-0.1, -0.05) is 29.8 Å². The van der Waals surface area contributed by atoms with Gasteiger partial charge in [-0.15, -0.1) is 0 Å². The lowest BCUT2D eigenvalue weighted by atomic mass is 9.98. The Hall–Kier alpha value is -1.94. The van der Waals surface area contributed by atoms with Crippen molar-refractivity contribution in [2.75, 3.05) is 7.11 Å². The third-order valence-corrected chi connectivity index (χ3v) is 3.65. The van der Waals surface area contributed by atoms with Gasteiger partial charge in [0, 0.05) is 12.6 Å². The van der Waals surface area contributed by atoms with Crippen LogP contribution < -0.4 is 4.74 Å². The molecule has 4 nitrogen and oxygen atoms in total. The van der Waals surface area contributed by atoms with Crippen molar-refractivity contribution in [3.8, 4) is 5.75 Å². The maximum absolute atomic E-state index is 5.79. The van der Waals surface area contributed by atoms with E-state index in [1.54, 1.807) is 19.4 Å².